The Morgan fingerprint density at radius 3 is 2.67 bits per heavy atom. The fourth-order valence-corrected chi connectivity index (χ4v) is 1.28. The van der Waals surface area contributed by atoms with Crippen LogP contribution in [0.15, 0.2) is 12.1 Å². The lowest BCUT2D eigenvalue weighted by atomic mass is 9.98. The molecule has 0 aromatic heterocycles. The van der Waals surface area contributed by atoms with Crippen molar-refractivity contribution in [3.05, 3.63) is 34.4 Å². The highest BCUT2D eigenvalue weighted by Gasteiger charge is 2.15. The smallest absolute Gasteiger partial charge is 0.339 e. The number of methoxy groups -OCH3 is 1. The molecule has 0 aliphatic rings. The number of benzene rings is 1. The largest absolute Gasteiger partial charge is 0.465 e. The van der Waals surface area contributed by atoms with Crippen molar-refractivity contribution in [3.63, 3.8) is 0 Å². The minimum atomic E-state index is -0.577. The number of carbonyl (C=O) groups excluding carboxylic acids is 2. The van der Waals surface area contributed by atoms with Gasteiger partial charge in [-0.05, 0) is 18.6 Å². The number of hydrogen-bond donors (Lipinski definition) is 0. The second-order valence-corrected chi connectivity index (χ2v) is 2.92. The summed E-state index contributed by atoms with van der Waals surface area (Å²) in [5.41, 5.74) is 1.27. The summed E-state index contributed by atoms with van der Waals surface area (Å²) in [5, 5.41) is 8.89. The zero-order valence-corrected chi connectivity index (χ0v) is 8.40. The van der Waals surface area contributed by atoms with Crippen LogP contribution in [0.4, 0.5) is 0 Å². The first-order chi connectivity index (χ1) is 7.15. The number of hydrogen-bond acceptors (Lipinski definition) is 4. The predicted octanol–water partition coefficient (Wildman–Crippen LogP) is 1.47. The van der Waals surface area contributed by atoms with Gasteiger partial charge in [0.1, 0.15) is 12.4 Å². The van der Waals surface area contributed by atoms with E-state index in [1.54, 1.807) is 6.92 Å². The van der Waals surface area contributed by atoms with Crippen molar-refractivity contribution >= 4 is 12.3 Å². The fourth-order valence-electron chi connectivity index (χ4n) is 1.28. The molecule has 0 saturated carbocycles. The number of nitriles is 1. The van der Waals surface area contributed by atoms with Gasteiger partial charge >= 0.3 is 5.97 Å². The molecule has 0 spiro atoms. The average molecular weight is 203 g/mol. The molecule has 0 radical (unpaired) electrons. The van der Waals surface area contributed by atoms with E-state index in [0.29, 0.717) is 17.4 Å². The normalized spacial score (nSPS) is 9.13. The van der Waals surface area contributed by atoms with E-state index in [1.807, 2.05) is 6.07 Å². The molecule has 0 heterocycles. The number of aldehydes is 1. The van der Waals surface area contributed by atoms with Crippen molar-refractivity contribution in [2.24, 2.45) is 0 Å². The van der Waals surface area contributed by atoms with Crippen molar-refractivity contribution in [1.29, 1.82) is 5.26 Å². The Kier molecular flexibility index (Phi) is 3.19. The van der Waals surface area contributed by atoms with Crippen LogP contribution in [0.2, 0.25) is 0 Å². The number of carbonyl (C=O) groups is 2. The zero-order chi connectivity index (χ0) is 11.4. The summed E-state index contributed by atoms with van der Waals surface area (Å²) in [6.45, 7) is 1.62. The molecule has 0 aliphatic carbocycles. The Hall–Kier alpha value is -2.15. The topological polar surface area (TPSA) is 67.2 Å². The maximum atomic E-state index is 11.3. The van der Waals surface area contributed by atoms with Crippen LogP contribution in [-0.2, 0) is 4.74 Å². The van der Waals surface area contributed by atoms with Crippen molar-refractivity contribution < 1.29 is 14.3 Å². The molecule has 0 saturated heterocycles. The van der Waals surface area contributed by atoms with Gasteiger partial charge in [0.15, 0.2) is 0 Å². The molecule has 1 aromatic carbocycles. The van der Waals surface area contributed by atoms with Gasteiger partial charge in [-0.2, -0.15) is 5.26 Å². The van der Waals surface area contributed by atoms with Crippen LogP contribution in [0.25, 0.3) is 0 Å². The lowest BCUT2D eigenvalue weighted by Gasteiger charge is -2.06. The van der Waals surface area contributed by atoms with E-state index in [-0.39, 0.29) is 11.1 Å². The molecular formula is C11H9NO3. The summed E-state index contributed by atoms with van der Waals surface area (Å²) >= 11 is 0. The molecule has 0 unspecified atom stereocenters. The number of ether oxygens (including phenoxy) is 1. The van der Waals surface area contributed by atoms with Crippen molar-refractivity contribution in [3.8, 4) is 6.07 Å². The van der Waals surface area contributed by atoms with Gasteiger partial charge in [0.2, 0.25) is 0 Å². The van der Waals surface area contributed by atoms with E-state index < -0.39 is 5.97 Å². The molecule has 0 fully saturated rings. The van der Waals surface area contributed by atoms with Crippen molar-refractivity contribution in [2.45, 2.75) is 6.92 Å². The van der Waals surface area contributed by atoms with Gasteiger partial charge in [-0.25, -0.2) is 4.79 Å². The third-order valence-electron chi connectivity index (χ3n) is 2.15. The second-order valence-electron chi connectivity index (χ2n) is 2.92. The van der Waals surface area contributed by atoms with Crippen LogP contribution in [-0.4, -0.2) is 19.4 Å². The van der Waals surface area contributed by atoms with E-state index >= 15 is 0 Å². The highest BCUT2D eigenvalue weighted by atomic mass is 16.5. The Morgan fingerprint density at radius 1 is 1.53 bits per heavy atom. The lowest BCUT2D eigenvalue weighted by molar-refractivity contribution is 0.0600. The summed E-state index contributed by atoms with van der Waals surface area (Å²) < 4.78 is 4.53. The molecule has 0 atom stereocenters. The van der Waals surface area contributed by atoms with Gasteiger partial charge < -0.3 is 4.74 Å². The zero-order valence-electron chi connectivity index (χ0n) is 8.40. The highest BCUT2D eigenvalue weighted by molar-refractivity contribution is 5.94. The molecular weight excluding hydrogens is 194 g/mol. The molecule has 4 heteroatoms. The van der Waals surface area contributed by atoms with Crippen LogP contribution in [0.1, 0.15) is 31.8 Å². The number of nitrogens with zero attached hydrogens (tertiary/aromatic N) is 1. The Bertz CT molecular complexity index is 458. The predicted molar refractivity (Wildman–Crippen MR) is 52.6 cm³/mol. The summed E-state index contributed by atoms with van der Waals surface area (Å²) in [6.07, 6.45) is 0.650. The summed E-state index contributed by atoms with van der Waals surface area (Å²) in [7, 11) is 1.24. The first kappa shape index (κ1) is 10.9. The second kappa shape index (κ2) is 4.38. The first-order valence-electron chi connectivity index (χ1n) is 4.23. The molecule has 4 nitrogen and oxygen atoms in total. The molecule has 0 N–H and O–H groups in total. The van der Waals surface area contributed by atoms with Gasteiger partial charge in [0, 0.05) is 5.56 Å². The lowest BCUT2D eigenvalue weighted by Crippen LogP contribution is -2.06. The molecule has 76 valence electrons. The van der Waals surface area contributed by atoms with Crippen molar-refractivity contribution in [1.82, 2.24) is 0 Å². The third-order valence-corrected chi connectivity index (χ3v) is 2.15. The average Bonchev–Trinajstić information content (AvgIpc) is 2.27. The van der Waals surface area contributed by atoms with E-state index in [0.717, 1.165) is 0 Å². The van der Waals surface area contributed by atoms with Gasteiger partial charge in [-0.3, -0.25) is 4.79 Å². The number of esters is 1. The first-order valence-corrected chi connectivity index (χ1v) is 4.23. The Balaban J connectivity index is 3.45. The molecule has 0 amide bonds. The minimum Gasteiger partial charge on any atom is -0.465 e. The van der Waals surface area contributed by atoms with Gasteiger partial charge in [-0.1, -0.05) is 6.07 Å². The van der Waals surface area contributed by atoms with Crippen LogP contribution in [0.3, 0.4) is 0 Å². The summed E-state index contributed by atoms with van der Waals surface area (Å²) in [5.74, 6) is -0.577. The van der Waals surface area contributed by atoms with E-state index in [2.05, 4.69) is 4.74 Å². The van der Waals surface area contributed by atoms with Crippen LogP contribution < -0.4 is 0 Å². The van der Waals surface area contributed by atoms with E-state index in [4.69, 9.17) is 5.26 Å². The SMILES string of the molecule is COC(=O)c1ccc(C=O)c(C)c1C#N. The maximum Gasteiger partial charge on any atom is 0.339 e. The Morgan fingerprint density at radius 2 is 2.20 bits per heavy atom. The Labute approximate surface area is 87.1 Å². The monoisotopic (exact) mass is 203 g/mol. The minimum absolute atomic E-state index is 0.183. The number of rotatable bonds is 2. The molecule has 1 aromatic rings. The quantitative estimate of drug-likeness (QED) is 0.539. The molecule has 0 aliphatic heterocycles. The van der Waals surface area contributed by atoms with Gasteiger partial charge in [0.25, 0.3) is 0 Å². The van der Waals surface area contributed by atoms with Gasteiger partial charge in [-0.15, -0.1) is 0 Å². The maximum absolute atomic E-state index is 11.3. The van der Waals surface area contributed by atoms with Crippen LogP contribution >= 0.6 is 0 Å². The summed E-state index contributed by atoms with van der Waals surface area (Å²) in [4.78, 5) is 21.9. The molecule has 15 heavy (non-hydrogen) atoms. The van der Waals surface area contributed by atoms with Gasteiger partial charge in [0.05, 0.1) is 18.2 Å². The van der Waals surface area contributed by atoms with Crippen LogP contribution in [0, 0.1) is 18.3 Å². The third kappa shape index (κ3) is 1.86. The van der Waals surface area contributed by atoms with E-state index in [1.165, 1.54) is 19.2 Å². The summed E-state index contributed by atoms with van der Waals surface area (Å²) in [6, 6.07) is 4.81. The molecule has 0 bridgehead atoms. The highest BCUT2D eigenvalue weighted by Crippen LogP contribution is 2.17. The fraction of sp³-hybridized carbons (Fsp3) is 0.182. The van der Waals surface area contributed by atoms with Crippen molar-refractivity contribution in [2.75, 3.05) is 7.11 Å². The van der Waals surface area contributed by atoms with E-state index in [9.17, 15) is 9.59 Å². The standard InChI is InChI=1S/C11H9NO3/c1-7-8(6-13)3-4-9(10(7)5-12)11(14)15-2/h3-4,6H,1-2H3. The van der Waals surface area contributed by atoms with Crippen LogP contribution in [0.5, 0.6) is 0 Å². The molecule has 1 rings (SSSR count).